The van der Waals surface area contributed by atoms with Gasteiger partial charge >= 0.3 is 6.03 Å². The van der Waals surface area contributed by atoms with Gasteiger partial charge in [0.1, 0.15) is 0 Å². The van der Waals surface area contributed by atoms with Crippen LogP contribution in [0.1, 0.15) is 18.0 Å². The number of hydrogen-bond acceptors (Lipinski definition) is 4. The van der Waals surface area contributed by atoms with Gasteiger partial charge in [-0.05, 0) is 17.7 Å². The Kier molecular flexibility index (Phi) is 4.20. The van der Waals surface area contributed by atoms with Crippen LogP contribution in [0.25, 0.3) is 0 Å². The summed E-state index contributed by atoms with van der Waals surface area (Å²) < 4.78 is 2.53. The monoisotopic (exact) mass is 287 g/mol. The molecule has 0 saturated heterocycles. The Balaban J connectivity index is 2.15. The van der Waals surface area contributed by atoms with E-state index >= 15 is 0 Å². The highest BCUT2D eigenvalue weighted by Crippen LogP contribution is 2.29. The number of carbonyl (C=O) groups is 1. The van der Waals surface area contributed by atoms with Gasteiger partial charge in [0.2, 0.25) is 0 Å². The number of thiol groups is 1. The fraction of sp³-hybridized carbons (Fsp3) is 0.200. The molecule has 1 heterocycles. The molecule has 90 valence electrons. The molecule has 1 N–H and O–H groups in total. The van der Waals surface area contributed by atoms with Gasteiger partial charge in [0.15, 0.2) is 0 Å². The topological polar surface area (TPSA) is 44.7 Å². The van der Waals surface area contributed by atoms with Crippen LogP contribution in [-0.4, -0.2) is 17.3 Å². The Morgan fingerprint density at radius 3 is 2.88 bits per heavy atom. The van der Waals surface area contributed by atoms with Gasteiger partial charge in [-0.1, -0.05) is 35.4 Å². The van der Waals surface area contributed by atoms with Crippen LogP contribution in [0.3, 0.4) is 0 Å². The molecule has 1 aliphatic rings. The molecule has 17 heavy (non-hydrogen) atoms. The molecule has 0 saturated carbocycles. The van der Waals surface area contributed by atoms with Crippen molar-refractivity contribution in [2.24, 2.45) is 5.10 Å². The molecule has 1 atom stereocenters. The van der Waals surface area contributed by atoms with Crippen LogP contribution in [0.2, 0.25) is 5.02 Å². The first-order valence-corrected chi connectivity index (χ1v) is 7.14. The van der Waals surface area contributed by atoms with Crippen LogP contribution in [0.15, 0.2) is 29.4 Å². The highest BCUT2D eigenvalue weighted by molar-refractivity contribution is 8.68. The number of halogens is 1. The molecule has 1 unspecified atom stereocenters. The van der Waals surface area contributed by atoms with Gasteiger partial charge in [-0.2, -0.15) is 5.10 Å². The van der Waals surface area contributed by atoms with Crippen molar-refractivity contribution in [1.82, 2.24) is 9.73 Å². The van der Waals surface area contributed by atoms with E-state index < -0.39 is 0 Å². The quantitative estimate of drug-likeness (QED) is 0.498. The molecule has 7 heteroatoms. The Labute approximate surface area is 113 Å². The molecule has 0 spiro atoms. The van der Waals surface area contributed by atoms with Crippen molar-refractivity contribution in [1.29, 1.82) is 0 Å². The number of benzene rings is 1. The Morgan fingerprint density at radius 1 is 1.53 bits per heavy atom. The highest BCUT2D eigenvalue weighted by atomic mass is 35.5. The third-order valence-electron chi connectivity index (χ3n) is 2.43. The van der Waals surface area contributed by atoms with E-state index in [0.29, 0.717) is 11.4 Å². The predicted molar refractivity (Wildman–Crippen MR) is 74.2 cm³/mol. The summed E-state index contributed by atoms with van der Waals surface area (Å²) in [5.74, 6) is 0. The first-order chi connectivity index (χ1) is 8.22. The molecular weight excluding hydrogens is 278 g/mol. The minimum absolute atomic E-state index is 0.0762. The van der Waals surface area contributed by atoms with Gasteiger partial charge < -0.3 is 0 Å². The number of urea groups is 1. The molecule has 0 bridgehead atoms. The van der Waals surface area contributed by atoms with Crippen LogP contribution in [0.4, 0.5) is 4.79 Å². The van der Waals surface area contributed by atoms with E-state index in [2.05, 4.69) is 21.5 Å². The smallest absolute Gasteiger partial charge is 0.271 e. The molecule has 0 aliphatic carbocycles. The molecule has 1 aliphatic heterocycles. The minimum atomic E-state index is -0.279. The number of rotatable bonds is 2. The zero-order valence-corrected chi connectivity index (χ0v) is 11.2. The maximum absolute atomic E-state index is 11.7. The molecule has 0 fully saturated rings. The van der Waals surface area contributed by atoms with Gasteiger partial charge in [0, 0.05) is 28.6 Å². The van der Waals surface area contributed by atoms with Crippen LogP contribution in [0.5, 0.6) is 0 Å². The normalized spacial score (nSPS) is 18.5. The zero-order chi connectivity index (χ0) is 12.3. The lowest BCUT2D eigenvalue weighted by Gasteiger charge is -2.21. The lowest BCUT2D eigenvalue weighted by molar-refractivity contribution is 0.193. The zero-order valence-electron chi connectivity index (χ0n) is 8.71. The van der Waals surface area contributed by atoms with Crippen molar-refractivity contribution >= 4 is 46.5 Å². The number of nitrogens with one attached hydrogen (secondary N) is 1. The van der Waals surface area contributed by atoms with Crippen molar-refractivity contribution in [3.05, 3.63) is 34.9 Å². The van der Waals surface area contributed by atoms with E-state index in [1.165, 1.54) is 5.01 Å². The van der Waals surface area contributed by atoms with Crippen molar-refractivity contribution in [3.63, 3.8) is 0 Å². The van der Waals surface area contributed by atoms with Crippen molar-refractivity contribution in [2.45, 2.75) is 12.5 Å². The molecule has 1 aromatic rings. The lowest BCUT2D eigenvalue weighted by atomic mass is 10.1. The summed E-state index contributed by atoms with van der Waals surface area (Å²) in [5, 5.41) is 6.14. The summed E-state index contributed by atoms with van der Waals surface area (Å²) in [6.45, 7) is 0. The van der Waals surface area contributed by atoms with E-state index in [1.807, 2.05) is 12.1 Å². The Hall–Kier alpha value is -0.850. The molecule has 2 amide bonds. The van der Waals surface area contributed by atoms with E-state index in [1.54, 1.807) is 18.3 Å². The largest absolute Gasteiger partial charge is 0.348 e. The second kappa shape index (κ2) is 5.66. The van der Waals surface area contributed by atoms with Gasteiger partial charge in [0.05, 0.1) is 6.04 Å². The first kappa shape index (κ1) is 12.6. The van der Waals surface area contributed by atoms with Crippen molar-refractivity contribution in [3.8, 4) is 0 Å². The first-order valence-electron chi connectivity index (χ1n) is 4.90. The van der Waals surface area contributed by atoms with Crippen LogP contribution in [-0.2, 0) is 0 Å². The molecule has 1 aromatic carbocycles. The van der Waals surface area contributed by atoms with E-state index in [-0.39, 0.29) is 12.1 Å². The predicted octanol–water partition coefficient (Wildman–Crippen LogP) is 3.28. The summed E-state index contributed by atoms with van der Waals surface area (Å²) in [6.07, 6.45) is 2.42. The number of hydrogen-bond donors (Lipinski definition) is 2. The molecule has 2 rings (SSSR count). The van der Waals surface area contributed by atoms with Crippen LogP contribution < -0.4 is 4.72 Å². The number of amides is 2. The Bertz CT molecular complexity index is 438. The average Bonchev–Trinajstić information content (AvgIpc) is 2.79. The highest BCUT2D eigenvalue weighted by Gasteiger charge is 2.27. The lowest BCUT2D eigenvalue weighted by Crippen LogP contribution is -2.33. The van der Waals surface area contributed by atoms with Gasteiger partial charge in [-0.3, -0.25) is 4.72 Å². The average molecular weight is 288 g/mol. The maximum atomic E-state index is 11.7. The van der Waals surface area contributed by atoms with Crippen molar-refractivity contribution < 1.29 is 4.79 Å². The summed E-state index contributed by atoms with van der Waals surface area (Å²) in [4.78, 5) is 11.7. The van der Waals surface area contributed by atoms with E-state index in [0.717, 1.165) is 16.5 Å². The van der Waals surface area contributed by atoms with E-state index in [4.69, 9.17) is 11.6 Å². The number of carbonyl (C=O) groups excluding carboxylic acids is 1. The van der Waals surface area contributed by atoms with Gasteiger partial charge in [-0.25, -0.2) is 9.80 Å². The minimum Gasteiger partial charge on any atom is -0.271 e. The molecular formula is C10H10ClN3OS2. The maximum Gasteiger partial charge on any atom is 0.348 e. The number of nitrogens with zero attached hydrogens (tertiary/aromatic N) is 2. The molecule has 4 nitrogen and oxygen atoms in total. The van der Waals surface area contributed by atoms with Crippen LogP contribution >= 0.6 is 34.2 Å². The third-order valence-corrected chi connectivity index (χ3v) is 3.22. The van der Waals surface area contributed by atoms with Crippen LogP contribution in [0, 0.1) is 0 Å². The van der Waals surface area contributed by atoms with Crippen molar-refractivity contribution in [2.75, 3.05) is 0 Å². The standard InChI is InChI=1S/C10H10ClN3OS2/c11-8-3-1-7(2-4-8)9-5-6-12-14(9)10(15)13-17-16/h1-4,6,9,16H,5H2,(H,13,15). The van der Waals surface area contributed by atoms with Gasteiger partial charge in [-0.15, -0.1) is 0 Å². The van der Waals surface area contributed by atoms with Gasteiger partial charge in [0.25, 0.3) is 0 Å². The SMILES string of the molecule is O=C(NSS)N1N=CCC1c1ccc(Cl)cc1. The second-order valence-corrected chi connectivity index (χ2v) is 4.82. The fourth-order valence-corrected chi connectivity index (χ4v) is 2.19. The Morgan fingerprint density at radius 2 is 2.24 bits per heavy atom. The second-order valence-electron chi connectivity index (χ2n) is 3.44. The molecule has 0 radical (unpaired) electrons. The molecule has 0 aromatic heterocycles. The van der Waals surface area contributed by atoms with E-state index in [9.17, 15) is 4.79 Å². The fourth-order valence-electron chi connectivity index (χ4n) is 1.66. The summed E-state index contributed by atoms with van der Waals surface area (Å²) in [7, 11) is 0.954. The summed E-state index contributed by atoms with van der Waals surface area (Å²) in [6, 6.07) is 7.05. The summed E-state index contributed by atoms with van der Waals surface area (Å²) >= 11 is 9.70. The number of hydrazone groups is 1. The third kappa shape index (κ3) is 2.88. The summed E-state index contributed by atoms with van der Waals surface area (Å²) in [5.41, 5.74) is 1.01.